The Labute approximate surface area is 211 Å². The maximum atomic E-state index is 13.4. The third-order valence-corrected chi connectivity index (χ3v) is 7.01. The van der Waals surface area contributed by atoms with E-state index in [2.05, 4.69) is 17.0 Å². The number of nitrogens with zero attached hydrogens (tertiary/aromatic N) is 4. The maximum Gasteiger partial charge on any atom is 0.416 e. The van der Waals surface area contributed by atoms with Crippen LogP contribution in [0.2, 0.25) is 5.28 Å². The number of hydrogen-bond acceptors (Lipinski definition) is 7. The van der Waals surface area contributed by atoms with Crippen molar-refractivity contribution >= 4 is 29.0 Å². The average molecular weight is 507 g/mol. The summed E-state index contributed by atoms with van der Waals surface area (Å²) in [5.74, 6) is -0.242. The van der Waals surface area contributed by atoms with Crippen LogP contribution in [0.15, 0.2) is 12.1 Å². The third-order valence-electron chi connectivity index (χ3n) is 6.85. The molecule has 1 amide bonds. The van der Waals surface area contributed by atoms with E-state index in [9.17, 15) is 4.79 Å². The molecule has 0 radical (unpaired) electrons. The molecule has 0 aromatic carbocycles. The highest BCUT2D eigenvalue weighted by molar-refractivity contribution is 6.28. The van der Waals surface area contributed by atoms with Crippen molar-refractivity contribution in [2.24, 2.45) is 0 Å². The highest BCUT2D eigenvalue weighted by Gasteiger charge is 2.55. The smallest absolute Gasteiger partial charge is 0.416 e. The van der Waals surface area contributed by atoms with E-state index in [0.29, 0.717) is 11.3 Å². The fourth-order valence-electron chi connectivity index (χ4n) is 5.50. The van der Waals surface area contributed by atoms with E-state index in [1.54, 1.807) is 9.42 Å². The van der Waals surface area contributed by atoms with Crippen LogP contribution in [0.5, 0.6) is 0 Å². The van der Waals surface area contributed by atoms with Crippen LogP contribution in [0.3, 0.4) is 0 Å². The molecule has 4 atom stereocenters. The Morgan fingerprint density at radius 3 is 2.57 bits per heavy atom. The molecule has 9 nitrogen and oxygen atoms in total. The molecule has 1 saturated carbocycles. The number of carbonyl (C=O) groups is 1. The van der Waals surface area contributed by atoms with Gasteiger partial charge in [-0.1, -0.05) is 19.8 Å². The Bertz CT molecular complexity index is 1110. The zero-order valence-corrected chi connectivity index (χ0v) is 22.0. The van der Waals surface area contributed by atoms with Crippen LogP contribution < -0.4 is 4.90 Å². The lowest BCUT2D eigenvalue weighted by Crippen LogP contribution is -2.43. The van der Waals surface area contributed by atoms with Gasteiger partial charge in [0, 0.05) is 6.04 Å². The second-order valence-electron chi connectivity index (χ2n) is 11.1. The first-order valence-corrected chi connectivity index (χ1v) is 12.9. The molecule has 2 saturated heterocycles. The summed E-state index contributed by atoms with van der Waals surface area (Å²) in [6.07, 6.45) is 3.31. The lowest BCUT2D eigenvalue weighted by Gasteiger charge is -2.31. The summed E-state index contributed by atoms with van der Waals surface area (Å²) in [6.45, 7) is 11.5. The minimum Gasteiger partial charge on any atom is -0.443 e. The molecule has 3 aliphatic rings. The predicted molar refractivity (Wildman–Crippen MR) is 131 cm³/mol. The lowest BCUT2D eigenvalue weighted by atomic mass is 10.0. The van der Waals surface area contributed by atoms with Crippen LogP contribution in [0, 0.1) is 0 Å². The van der Waals surface area contributed by atoms with E-state index in [1.165, 1.54) is 0 Å². The Morgan fingerprint density at radius 2 is 1.91 bits per heavy atom. The monoisotopic (exact) mass is 506 g/mol. The van der Waals surface area contributed by atoms with Crippen LogP contribution in [-0.2, 0) is 18.9 Å². The SMILES string of the molecule is CC[C@H]1O[C@H](c2ccc3c(N(C(=O)OC(C)(C)C)C4CCCC4)nc(Cl)nn23)[C@@H]2OC(C)(C)O[C@@H]21. The van der Waals surface area contributed by atoms with Crippen LogP contribution in [0.4, 0.5) is 10.6 Å². The van der Waals surface area contributed by atoms with E-state index in [1.807, 2.05) is 46.8 Å². The fourth-order valence-corrected chi connectivity index (χ4v) is 5.65. The van der Waals surface area contributed by atoms with Gasteiger partial charge < -0.3 is 18.9 Å². The van der Waals surface area contributed by atoms with E-state index >= 15 is 0 Å². The summed E-state index contributed by atoms with van der Waals surface area (Å²) in [5, 5.41) is 4.54. The number of aromatic nitrogens is 3. The minimum absolute atomic E-state index is 0.0121. The summed E-state index contributed by atoms with van der Waals surface area (Å²) in [7, 11) is 0. The molecule has 2 aliphatic heterocycles. The zero-order valence-electron chi connectivity index (χ0n) is 21.3. The normalized spacial score (nSPS) is 28.5. The molecule has 5 rings (SSSR count). The van der Waals surface area contributed by atoms with Crippen molar-refractivity contribution in [3.63, 3.8) is 0 Å². The van der Waals surface area contributed by atoms with E-state index in [4.69, 9.17) is 30.5 Å². The van der Waals surface area contributed by atoms with Gasteiger partial charge in [0.05, 0.1) is 11.8 Å². The first kappa shape index (κ1) is 24.7. The van der Waals surface area contributed by atoms with Gasteiger partial charge in [0.15, 0.2) is 11.6 Å². The topological polar surface area (TPSA) is 87.4 Å². The van der Waals surface area contributed by atoms with Gasteiger partial charge in [-0.3, -0.25) is 4.90 Å². The van der Waals surface area contributed by atoms with Crippen LogP contribution in [-0.4, -0.2) is 56.4 Å². The fraction of sp³-hybridized carbons (Fsp3) is 0.720. The summed E-state index contributed by atoms with van der Waals surface area (Å²) in [4.78, 5) is 19.6. The molecule has 0 spiro atoms. The number of anilines is 1. The Morgan fingerprint density at radius 1 is 1.23 bits per heavy atom. The first-order valence-electron chi connectivity index (χ1n) is 12.6. The maximum absolute atomic E-state index is 13.4. The molecule has 0 N–H and O–H groups in total. The van der Waals surface area contributed by atoms with E-state index < -0.39 is 23.6 Å². The van der Waals surface area contributed by atoms with Crippen molar-refractivity contribution in [1.82, 2.24) is 14.6 Å². The third kappa shape index (κ3) is 4.63. The second-order valence-corrected chi connectivity index (χ2v) is 11.5. The highest BCUT2D eigenvalue weighted by Crippen LogP contribution is 2.46. The molecule has 10 heteroatoms. The molecule has 35 heavy (non-hydrogen) atoms. The lowest BCUT2D eigenvalue weighted by molar-refractivity contribution is -0.188. The molecule has 2 aromatic rings. The van der Waals surface area contributed by atoms with Crippen LogP contribution >= 0.6 is 11.6 Å². The number of ether oxygens (including phenoxy) is 4. The van der Waals surface area contributed by atoms with E-state index in [0.717, 1.165) is 37.8 Å². The molecule has 3 fully saturated rings. The number of rotatable bonds is 4. The quantitative estimate of drug-likeness (QED) is 0.545. The summed E-state index contributed by atoms with van der Waals surface area (Å²) in [5.41, 5.74) is 0.816. The largest absolute Gasteiger partial charge is 0.443 e. The highest BCUT2D eigenvalue weighted by atomic mass is 35.5. The van der Waals surface area contributed by atoms with Crippen molar-refractivity contribution in [2.45, 2.75) is 115 Å². The first-order chi connectivity index (χ1) is 16.5. The van der Waals surface area contributed by atoms with Crippen molar-refractivity contribution in [3.05, 3.63) is 23.1 Å². The molecule has 1 aliphatic carbocycles. The molecule has 192 valence electrons. The van der Waals surface area contributed by atoms with E-state index in [-0.39, 0.29) is 29.6 Å². The number of fused-ring (bicyclic) bond motifs is 2. The predicted octanol–water partition coefficient (Wildman–Crippen LogP) is 5.44. The zero-order chi connectivity index (χ0) is 25.1. The van der Waals surface area contributed by atoms with Gasteiger partial charge in [0.1, 0.15) is 29.4 Å². The molecule has 4 heterocycles. The average Bonchev–Trinajstić information content (AvgIpc) is 3.50. The molecule has 0 unspecified atom stereocenters. The Kier molecular flexibility index (Phi) is 6.27. The molecule has 0 bridgehead atoms. The van der Waals surface area contributed by atoms with Gasteiger partial charge in [-0.25, -0.2) is 9.31 Å². The summed E-state index contributed by atoms with van der Waals surface area (Å²) >= 11 is 6.44. The van der Waals surface area contributed by atoms with Gasteiger partial charge in [0.25, 0.3) is 0 Å². The van der Waals surface area contributed by atoms with Gasteiger partial charge in [0.2, 0.25) is 5.28 Å². The van der Waals surface area contributed by atoms with Crippen molar-refractivity contribution in [3.8, 4) is 0 Å². The van der Waals surface area contributed by atoms with Gasteiger partial charge in [-0.15, -0.1) is 5.10 Å². The second kappa shape index (κ2) is 8.87. The Balaban J connectivity index is 1.57. The van der Waals surface area contributed by atoms with Gasteiger partial charge in [-0.2, -0.15) is 4.98 Å². The standard InChI is InChI=1S/C25H35ClN4O5/c1-7-17-19-20(34-25(5,6)33-19)18(32-17)15-12-13-16-21(27-22(26)28-30(15)16)29(14-10-8-9-11-14)23(31)35-24(2,3)4/h12-14,17-20H,7-11H2,1-6H3/t17-,18-,19-,20+/m1/s1. The van der Waals surface area contributed by atoms with Gasteiger partial charge in [-0.05, 0) is 77.6 Å². The number of halogens is 1. The number of carbonyl (C=O) groups excluding carboxylic acids is 1. The van der Waals surface area contributed by atoms with Gasteiger partial charge >= 0.3 is 6.09 Å². The number of amides is 1. The van der Waals surface area contributed by atoms with Crippen molar-refractivity contribution in [2.75, 3.05) is 4.90 Å². The molecular weight excluding hydrogens is 472 g/mol. The molecule has 2 aromatic heterocycles. The van der Waals surface area contributed by atoms with Crippen molar-refractivity contribution < 1.29 is 23.7 Å². The van der Waals surface area contributed by atoms with Crippen LogP contribution in [0.1, 0.15) is 85.4 Å². The summed E-state index contributed by atoms with van der Waals surface area (Å²) in [6, 6.07) is 3.84. The minimum atomic E-state index is -0.689. The Hall–Kier alpha value is -1.94. The van der Waals surface area contributed by atoms with Crippen LogP contribution in [0.25, 0.3) is 5.52 Å². The molecular formula is C25H35ClN4O5. The van der Waals surface area contributed by atoms with Crippen molar-refractivity contribution in [1.29, 1.82) is 0 Å². The number of hydrogen-bond donors (Lipinski definition) is 0. The summed E-state index contributed by atoms with van der Waals surface area (Å²) < 4.78 is 26.3.